The van der Waals surface area contributed by atoms with Crippen LogP contribution in [0.4, 0.5) is 0 Å². The summed E-state index contributed by atoms with van der Waals surface area (Å²) in [6, 6.07) is 11.7. The van der Waals surface area contributed by atoms with E-state index in [1.165, 1.54) is 0 Å². The Morgan fingerprint density at radius 2 is 2.19 bits per heavy atom. The van der Waals surface area contributed by atoms with E-state index in [4.69, 9.17) is 4.74 Å². The second kappa shape index (κ2) is 8.82. The fraction of sp³-hybridized carbons (Fsp3) is 0.292. The zero-order valence-electron chi connectivity index (χ0n) is 17.7. The average Bonchev–Trinajstić information content (AvgIpc) is 3.47. The van der Waals surface area contributed by atoms with Crippen molar-refractivity contribution in [1.29, 1.82) is 0 Å². The summed E-state index contributed by atoms with van der Waals surface area (Å²) in [4.78, 5) is 17.6. The van der Waals surface area contributed by atoms with Crippen LogP contribution in [0.1, 0.15) is 33.6 Å². The van der Waals surface area contributed by atoms with E-state index < -0.39 is 6.10 Å². The number of aliphatic hydroxyl groups is 1. The molecular formula is C24H24N4O3S. The molecule has 1 fully saturated rings. The van der Waals surface area contributed by atoms with Crippen LogP contribution in [-0.4, -0.2) is 51.1 Å². The number of aromatic nitrogens is 3. The molecule has 5 rings (SSSR count). The summed E-state index contributed by atoms with van der Waals surface area (Å²) >= 11 is 1.65. The van der Waals surface area contributed by atoms with E-state index >= 15 is 0 Å². The van der Waals surface area contributed by atoms with Crippen molar-refractivity contribution in [2.45, 2.75) is 31.9 Å². The topological polar surface area (TPSA) is 89.3 Å². The fourth-order valence-corrected chi connectivity index (χ4v) is 4.98. The van der Waals surface area contributed by atoms with Crippen LogP contribution in [-0.2, 0) is 11.2 Å². The normalized spacial score (nSPS) is 18.7. The first-order valence-electron chi connectivity index (χ1n) is 10.6. The minimum absolute atomic E-state index is 0.237. The molecule has 1 aliphatic heterocycles. The van der Waals surface area contributed by atoms with Gasteiger partial charge in [0.15, 0.2) is 0 Å². The van der Waals surface area contributed by atoms with Gasteiger partial charge in [0.1, 0.15) is 5.69 Å². The number of nitrogens with one attached hydrogen (secondary N) is 1. The molecule has 0 unspecified atom stereocenters. The second-order valence-electron chi connectivity index (χ2n) is 8.07. The maximum absolute atomic E-state index is 13.0. The van der Waals surface area contributed by atoms with Crippen molar-refractivity contribution < 1.29 is 14.6 Å². The molecule has 8 heteroatoms. The summed E-state index contributed by atoms with van der Waals surface area (Å²) in [6.45, 7) is 2.77. The molecular weight excluding hydrogens is 424 g/mol. The number of carbonyl (C=O) groups is 1. The Labute approximate surface area is 189 Å². The lowest BCUT2D eigenvalue weighted by Crippen LogP contribution is -2.48. The standard InChI is InChI=1S/C24H24N4O3S/c1-15-14-32-23-17(11-16-3-5-18(6-4-16)28-9-2-8-25-28)12-20(26-22(15)23)24(30)27-19-7-10-31-13-21(19)29/h2-6,8-9,12,14,19,21,29H,7,10-11,13H2,1H3,(H,27,30)/t19-,21-/m1/s1. The lowest BCUT2D eigenvalue weighted by molar-refractivity contribution is -0.0261. The van der Waals surface area contributed by atoms with E-state index in [1.54, 1.807) is 17.5 Å². The van der Waals surface area contributed by atoms with Gasteiger partial charge in [-0.2, -0.15) is 5.10 Å². The molecule has 1 amide bonds. The fourth-order valence-electron chi connectivity index (χ4n) is 3.98. The van der Waals surface area contributed by atoms with Crippen molar-refractivity contribution in [1.82, 2.24) is 20.1 Å². The SMILES string of the molecule is Cc1csc2c(Cc3ccc(-n4cccn4)cc3)cc(C(=O)N[C@@H]3CCOC[C@H]3O)nc12. The van der Waals surface area contributed by atoms with Gasteiger partial charge < -0.3 is 15.2 Å². The molecule has 2 N–H and O–H groups in total. The molecule has 1 aromatic carbocycles. The lowest BCUT2D eigenvalue weighted by Gasteiger charge is -2.28. The average molecular weight is 449 g/mol. The molecule has 3 aromatic heterocycles. The number of hydrogen-bond acceptors (Lipinski definition) is 6. The highest BCUT2D eigenvalue weighted by molar-refractivity contribution is 7.17. The van der Waals surface area contributed by atoms with Gasteiger partial charge in [-0.05, 0) is 66.1 Å². The monoisotopic (exact) mass is 448 g/mol. The van der Waals surface area contributed by atoms with Gasteiger partial charge in [0, 0.05) is 19.0 Å². The number of pyridine rings is 1. The number of benzene rings is 1. The van der Waals surface area contributed by atoms with Crippen LogP contribution in [0.3, 0.4) is 0 Å². The van der Waals surface area contributed by atoms with E-state index in [0.717, 1.165) is 32.6 Å². The van der Waals surface area contributed by atoms with Crippen molar-refractivity contribution in [3.05, 3.63) is 76.6 Å². The lowest BCUT2D eigenvalue weighted by atomic mass is 10.0. The highest BCUT2D eigenvalue weighted by Crippen LogP contribution is 2.30. The Morgan fingerprint density at radius 3 is 2.94 bits per heavy atom. The quantitative estimate of drug-likeness (QED) is 0.489. The molecule has 0 saturated carbocycles. The summed E-state index contributed by atoms with van der Waals surface area (Å²) in [5.41, 5.74) is 5.50. The van der Waals surface area contributed by atoms with Gasteiger partial charge in [0.25, 0.3) is 5.91 Å². The maximum Gasteiger partial charge on any atom is 0.270 e. The Hall–Kier alpha value is -3.07. The Morgan fingerprint density at radius 1 is 1.34 bits per heavy atom. The van der Waals surface area contributed by atoms with Crippen molar-refractivity contribution in [2.75, 3.05) is 13.2 Å². The molecule has 32 heavy (non-hydrogen) atoms. The number of ether oxygens (including phenoxy) is 1. The largest absolute Gasteiger partial charge is 0.389 e. The Balaban J connectivity index is 1.43. The van der Waals surface area contributed by atoms with Crippen molar-refractivity contribution in [3.8, 4) is 5.69 Å². The van der Waals surface area contributed by atoms with Crippen LogP contribution >= 0.6 is 11.3 Å². The molecule has 2 atom stereocenters. The van der Waals surface area contributed by atoms with Crippen LogP contribution in [0, 0.1) is 6.92 Å². The van der Waals surface area contributed by atoms with Crippen LogP contribution in [0.15, 0.2) is 54.2 Å². The zero-order chi connectivity index (χ0) is 22.1. The number of aryl methyl sites for hydroxylation is 1. The molecule has 4 aromatic rings. The van der Waals surface area contributed by atoms with Gasteiger partial charge in [0.2, 0.25) is 0 Å². The summed E-state index contributed by atoms with van der Waals surface area (Å²) in [6.07, 6.45) is 4.25. The first kappa shape index (κ1) is 20.8. The first-order chi connectivity index (χ1) is 15.6. The molecule has 0 bridgehead atoms. The van der Waals surface area contributed by atoms with Crippen molar-refractivity contribution >= 4 is 27.5 Å². The predicted molar refractivity (Wildman–Crippen MR) is 123 cm³/mol. The van der Waals surface area contributed by atoms with E-state index in [1.807, 2.05) is 42.1 Å². The van der Waals surface area contributed by atoms with E-state index in [2.05, 4.69) is 32.9 Å². The number of fused-ring (bicyclic) bond motifs is 1. The number of rotatable bonds is 5. The third kappa shape index (κ3) is 4.17. The highest BCUT2D eigenvalue weighted by atomic mass is 32.1. The van der Waals surface area contributed by atoms with Crippen LogP contribution in [0.25, 0.3) is 15.9 Å². The van der Waals surface area contributed by atoms with Gasteiger partial charge in [-0.15, -0.1) is 11.3 Å². The smallest absolute Gasteiger partial charge is 0.270 e. The van der Waals surface area contributed by atoms with Gasteiger partial charge in [-0.1, -0.05) is 12.1 Å². The van der Waals surface area contributed by atoms with Gasteiger partial charge in [0.05, 0.1) is 34.7 Å². The molecule has 7 nitrogen and oxygen atoms in total. The predicted octanol–water partition coefficient (Wildman–Crippen LogP) is 3.26. The minimum atomic E-state index is -0.702. The minimum Gasteiger partial charge on any atom is -0.389 e. The Bertz CT molecular complexity index is 1230. The summed E-state index contributed by atoms with van der Waals surface area (Å²) < 4.78 is 8.18. The van der Waals surface area contributed by atoms with E-state index in [-0.39, 0.29) is 18.6 Å². The first-order valence-corrected chi connectivity index (χ1v) is 11.5. The third-order valence-corrected chi connectivity index (χ3v) is 6.91. The molecule has 0 spiro atoms. The number of amides is 1. The number of aliphatic hydroxyl groups excluding tert-OH is 1. The van der Waals surface area contributed by atoms with Crippen LogP contribution in [0.5, 0.6) is 0 Å². The van der Waals surface area contributed by atoms with Crippen molar-refractivity contribution in [2.24, 2.45) is 0 Å². The van der Waals surface area contributed by atoms with Gasteiger partial charge >= 0.3 is 0 Å². The summed E-state index contributed by atoms with van der Waals surface area (Å²) in [5, 5.41) is 19.4. The number of thiophene rings is 1. The van der Waals surface area contributed by atoms with Crippen molar-refractivity contribution in [3.63, 3.8) is 0 Å². The summed E-state index contributed by atoms with van der Waals surface area (Å²) in [7, 11) is 0. The molecule has 0 aliphatic carbocycles. The second-order valence-corrected chi connectivity index (χ2v) is 8.95. The summed E-state index contributed by atoms with van der Waals surface area (Å²) in [5.74, 6) is -0.265. The van der Waals surface area contributed by atoms with Gasteiger partial charge in [-0.3, -0.25) is 4.79 Å². The number of carbonyl (C=O) groups excluding carboxylic acids is 1. The maximum atomic E-state index is 13.0. The molecule has 0 radical (unpaired) electrons. The molecule has 1 aliphatic rings. The highest BCUT2D eigenvalue weighted by Gasteiger charge is 2.26. The van der Waals surface area contributed by atoms with E-state index in [9.17, 15) is 9.90 Å². The van der Waals surface area contributed by atoms with Crippen LogP contribution in [0.2, 0.25) is 0 Å². The molecule has 164 valence electrons. The number of hydrogen-bond donors (Lipinski definition) is 2. The zero-order valence-corrected chi connectivity index (χ0v) is 18.5. The molecule has 1 saturated heterocycles. The molecule has 4 heterocycles. The van der Waals surface area contributed by atoms with E-state index in [0.29, 0.717) is 25.1 Å². The van der Waals surface area contributed by atoms with Gasteiger partial charge in [-0.25, -0.2) is 9.67 Å². The number of nitrogens with zero attached hydrogens (tertiary/aromatic N) is 3. The Kier molecular flexibility index (Phi) is 5.73. The third-order valence-electron chi connectivity index (χ3n) is 5.75. The van der Waals surface area contributed by atoms with Crippen LogP contribution < -0.4 is 5.32 Å².